The Bertz CT molecular complexity index is 710. The van der Waals surface area contributed by atoms with Crippen LogP contribution in [0.1, 0.15) is 36.7 Å². The van der Waals surface area contributed by atoms with Crippen LogP contribution in [0.3, 0.4) is 0 Å². The zero-order chi connectivity index (χ0) is 16.1. The van der Waals surface area contributed by atoms with E-state index < -0.39 is 0 Å². The van der Waals surface area contributed by atoms with Crippen LogP contribution in [-0.4, -0.2) is 19.7 Å². The van der Waals surface area contributed by atoms with Crippen LogP contribution in [-0.2, 0) is 16.1 Å². The molecule has 0 aliphatic heterocycles. The second kappa shape index (κ2) is 7.23. The van der Waals surface area contributed by atoms with Gasteiger partial charge < -0.3 is 9.47 Å². The van der Waals surface area contributed by atoms with Crippen LogP contribution in [0, 0.1) is 0 Å². The van der Waals surface area contributed by atoms with Crippen molar-refractivity contribution < 1.29 is 14.3 Å². The van der Waals surface area contributed by atoms with E-state index in [0.29, 0.717) is 18.8 Å². The molecule has 116 valence electrons. The molecule has 0 aromatic heterocycles. The number of fused-ring (bicyclic) bond motifs is 1. The fourth-order valence-electron chi connectivity index (χ4n) is 2.24. The zero-order valence-corrected chi connectivity index (χ0v) is 13.6. The van der Waals surface area contributed by atoms with E-state index >= 15 is 0 Å². The first-order chi connectivity index (χ1) is 10.5. The molecule has 0 aliphatic rings. The van der Waals surface area contributed by atoms with Crippen molar-refractivity contribution in [2.24, 2.45) is 0 Å². The summed E-state index contributed by atoms with van der Waals surface area (Å²) in [5.74, 6) is -0.325. The molecule has 0 N–H and O–H groups in total. The molecule has 0 heterocycles. The van der Waals surface area contributed by atoms with Crippen molar-refractivity contribution in [2.45, 2.75) is 27.4 Å². The van der Waals surface area contributed by atoms with Gasteiger partial charge in [-0.05, 0) is 42.7 Å². The molecule has 0 radical (unpaired) electrons. The van der Waals surface area contributed by atoms with E-state index in [1.54, 1.807) is 0 Å². The van der Waals surface area contributed by atoms with Crippen molar-refractivity contribution >= 4 is 16.7 Å². The second-order valence-corrected chi connectivity index (χ2v) is 5.59. The summed E-state index contributed by atoms with van der Waals surface area (Å²) < 4.78 is 10.7. The topological polar surface area (TPSA) is 35.5 Å². The third-order valence-corrected chi connectivity index (χ3v) is 3.83. The quantitative estimate of drug-likeness (QED) is 0.602. The standard InChI is InChI=1S/C19H22O3/c1-13(2)14(3)11-22-12-16-10-9-15-7-5-6-8-17(15)18(16)19(20)21-4/h5-10H,11-12H2,1-4H3. The Kier molecular flexibility index (Phi) is 5.34. The minimum Gasteiger partial charge on any atom is -0.465 e. The summed E-state index contributed by atoms with van der Waals surface area (Å²) in [7, 11) is 1.40. The van der Waals surface area contributed by atoms with E-state index in [1.807, 2.05) is 36.4 Å². The molecule has 0 unspecified atom stereocenters. The smallest absolute Gasteiger partial charge is 0.338 e. The lowest BCUT2D eigenvalue weighted by atomic mass is 9.99. The first kappa shape index (κ1) is 16.2. The van der Waals surface area contributed by atoms with Crippen LogP contribution in [0.25, 0.3) is 10.8 Å². The molecule has 0 saturated heterocycles. The number of ether oxygens (including phenoxy) is 2. The number of benzene rings is 2. The van der Waals surface area contributed by atoms with Gasteiger partial charge in [-0.25, -0.2) is 4.79 Å². The van der Waals surface area contributed by atoms with Crippen LogP contribution in [0.15, 0.2) is 47.5 Å². The number of hydrogen-bond donors (Lipinski definition) is 0. The first-order valence-electron chi connectivity index (χ1n) is 7.34. The summed E-state index contributed by atoms with van der Waals surface area (Å²) in [5, 5.41) is 1.92. The van der Waals surface area contributed by atoms with Gasteiger partial charge in [0.25, 0.3) is 0 Å². The van der Waals surface area contributed by atoms with E-state index in [0.717, 1.165) is 16.3 Å². The molecule has 0 bridgehead atoms. The molecule has 22 heavy (non-hydrogen) atoms. The number of hydrogen-bond acceptors (Lipinski definition) is 3. The molecule has 2 aromatic rings. The number of methoxy groups -OCH3 is 1. The number of carbonyl (C=O) groups excluding carboxylic acids is 1. The molecule has 3 heteroatoms. The molecule has 0 fully saturated rings. The lowest BCUT2D eigenvalue weighted by molar-refractivity contribution is 0.0596. The average Bonchev–Trinajstić information content (AvgIpc) is 2.53. The Morgan fingerprint density at radius 2 is 1.77 bits per heavy atom. The summed E-state index contributed by atoms with van der Waals surface area (Å²) >= 11 is 0. The predicted molar refractivity (Wildman–Crippen MR) is 89.0 cm³/mol. The Morgan fingerprint density at radius 3 is 2.45 bits per heavy atom. The maximum Gasteiger partial charge on any atom is 0.338 e. The Morgan fingerprint density at radius 1 is 1.05 bits per heavy atom. The summed E-state index contributed by atoms with van der Waals surface area (Å²) in [6.45, 7) is 7.13. The van der Waals surface area contributed by atoms with E-state index in [2.05, 4.69) is 20.8 Å². The van der Waals surface area contributed by atoms with Crippen molar-refractivity contribution in [1.82, 2.24) is 0 Å². The highest BCUT2D eigenvalue weighted by atomic mass is 16.5. The van der Waals surface area contributed by atoms with Gasteiger partial charge in [0.05, 0.1) is 25.9 Å². The Hall–Kier alpha value is -2.13. The van der Waals surface area contributed by atoms with E-state index in [4.69, 9.17) is 9.47 Å². The third-order valence-electron chi connectivity index (χ3n) is 3.83. The highest BCUT2D eigenvalue weighted by Gasteiger charge is 2.15. The van der Waals surface area contributed by atoms with Crippen LogP contribution < -0.4 is 0 Å². The number of rotatable bonds is 5. The number of esters is 1. The van der Waals surface area contributed by atoms with Crippen molar-refractivity contribution in [2.75, 3.05) is 13.7 Å². The fraction of sp³-hybridized carbons (Fsp3) is 0.316. The highest BCUT2D eigenvalue weighted by molar-refractivity contribution is 6.05. The molecule has 0 aliphatic carbocycles. The lowest BCUT2D eigenvalue weighted by Gasteiger charge is -2.12. The van der Waals surface area contributed by atoms with Gasteiger partial charge in [0.1, 0.15) is 0 Å². The van der Waals surface area contributed by atoms with Gasteiger partial charge in [0.15, 0.2) is 0 Å². The molecular formula is C19H22O3. The average molecular weight is 298 g/mol. The van der Waals surface area contributed by atoms with E-state index in [-0.39, 0.29) is 5.97 Å². The van der Waals surface area contributed by atoms with Gasteiger partial charge in [-0.15, -0.1) is 0 Å². The second-order valence-electron chi connectivity index (χ2n) is 5.59. The largest absolute Gasteiger partial charge is 0.465 e. The normalized spacial score (nSPS) is 10.5. The van der Waals surface area contributed by atoms with E-state index in [9.17, 15) is 4.79 Å². The summed E-state index contributed by atoms with van der Waals surface area (Å²) in [5.41, 5.74) is 3.91. The van der Waals surface area contributed by atoms with E-state index in [1.165, 1.54) is 18.3 Å². The molecule has 2 aromatic carbocycles. The Balaban J connectivity index is 2.33. The summed E-state index contributed by atoms with van der Waals surface area (Å²) in [6, 6.07) is 11.7. The van der Waals surface area contributed by atoms with Crippen molar-refractivity contribution in [3.05, 3.63) is 58.7 Å². The van der Waals surface area contributed by atoms with Crippen LogP contribution >= 0.6 is 0 Å². The minimum absolute atomic E-state index is 0.325. The summed E-state index contributed by atoms with van der Waals surface area (Å²) in [4.78, 5) is 12.2. The maximum atomic E-state index is 12.2. The first-order valence-corrected chi connectivity index (χ1v) is 7.34. The van der Waals surface area contributed by atoms with Crippen LogP contribution in [0.4, 0.5) is 0 Å². The molecule has 0 atom stereocenters. The van der Waals surface area contributed by atoms with Crippen LogP contribution in [0.5, 0.6) is 0 Å². The van der Waals surface area contributed by atoms with Gasteiger partial charge in [-0.2, -0.15) is 0 Å². The predicted octanol–water partition coefficient (Wildman–Crippen LogP) is 4.50. The molecule has 2 rings (SSSR count). The van der Waals surface area contributed by atoms with Gasteiger partial charge in [-0.1, -0.05) is 42.0 Å². The monoisotopic (exact) mass is 298 g/mol. The lowest BCUT2D eigenvalue weighted by Crippen LogP contribution is -2.08. The number of allylic oxidation sites excluding steroid dienone is 1. The van der Waals surface area contributed by atoms with Crippen molar-refractivity contribution in [3.63, 3.8) is 0 Å². The molecular weight excluding hydrogens is 276 g/mol. The van der Waals surface area contributed by atoms with Crippen LogP contribution in [0.2, 0.25) is 0 Å². The molecule has 0 spiro atoms. The van der Waals surface area contributed by atoms with Gasteiger partial charge in [-0.3, -0.25) is 0 Å². The summed E-state index contributed by atoms with van der Waals surface area (Å²) in [6.07, 6.45) is 0. The maximum absolute atomic E-state index is 12.2. The third kappa shape index (κ3) is 3.55. The van der Waals surface area contributed by atoms with Gasteiger partial charge in [0, 0.05) is 0 Å². The zero-order valence-electron chi connectivity index (χ0n) is 13.6. The van der Waals surface area contributed by atoms with Gasteiger partial charge >= 0.3 is 5.97 Å². The van der Waals surface area contributed by atoms with Crippen molar-refractivity contribution in [1.29, 1.82) is 0 Å². The fourth-order valence-corrected chi connectivity index (χ4v) is 2.24. The molecule has 0 amide bonds. The minimum atomic E-state index is -0.325. The molecule has 0 saturated carbocycles. The molecule has 3 nitrogen and oxygen atoms in total. The SMILES string of the molecule is COC(=O)c1c(COCC(C)=C(C)C)ccc2ccccc12. The van der Waals surface area contributed by atoms with Gasteiger partial charge in [0.2, 0.25) is 0 Å². The number of carbonyl (C=O) groups is 1. The Labute approximate surface area is 131 Å². The van der Waals surface area contributed by atoms with Crippen molar-refractivity contribution in [3.8, 4) is 0 Å². The highest BCUT2D eigenvalue weighted by Crippen LogP contribution is 2.24.